The van der Waals surface area contributed by atoms with Crippen LogP contribution in [0.2, 0.25) is 0 Å². The molecule has 1 aliphatic heterocycles. The SMILES string of the molecule is NC(=O)NCCNCC1Cc2cc(Br)ccc2O1. The van der Waals surface area contributed by atoms with Crippen LogP contribution in [-0.2, 0) is 6.42 Å². The maximum Gasteiger partial charge on any atom is 0.312 e. The van der Waals surface area contributed by atoms with Gasteiger partial charge in [-0.1, -0.05) is 15.9 Å². The average molecular weight is 314 g/mol. The average Bonchev–Trinajstić information content (AvgIpc) is 2.70. The highest BCUT2D eigenvalue weighted by Gasteiger charge is 2.22. The quantitative estimate of drug-likeness (QED) is 0.710. The number of urea groups is 1. The number of ether oxygens (including phenoxy) is 1. The van der Waals surface area contributed by atoms with Gasteiger partial charge in [-0.2, -0.15) is 0 Å². The second-order valence-corrected chi connectivity index (χ2v) is 5.11. The van der Waals surface area contributed by atoms with Gasteiger partial charge in [0.25, 0.3) is 0 Å². The number of halogens is 1. The Hall–Kier alpha value is -1.27. The number of hydrogen-bond acceptors (Lipinski definition) is 3. The topological polar surface area (TPSA) is 76.4 Å². The molecule has 1 unspecified atom stereocenters. The molecule has 0 spiro atoms. The summed E-state index contributed by atoms with van der Waals surface area (Å²) in [7, 11) is 0. The lowest BCUT2D eigenvalue weighted by atomic mass is 10.1. The van der Waals surface area contributed by atoms with Crippen molar-refractivity contribution >= 4 is 22.0 Å². The van der Waals surface area contributed by atoms with E-state index in [2.05, 4.69) is 32.6 Å². The van der Waals surface area contributed by atoms with Gasteiger partial charge < -0.3 is 21.1 Å². The summed E-state index contributed by atoms with van der Waals surface area (Å²) in [6.07, 6.45) is 1.06. The summed E-state index contributed by atoms with van der Waals surface area (Å²) in [6.45, 7) is 1.97. The predicted octanol–water partition coefficient (Wildman–Crippen LogP) is 1.01. The maximum absolute atomic E-state index is 10.5. The number of benzene rings is 1. The fourth-order valence-corrected chi connectivity index (χ4v) is 2.35. The Kier molecular flexibility index (Phi) is 4.43. The van der Waals surface area contributed by atoms with Crippen molar-refractivity contribution in [2.45, 2.75) is 12.5 Å². The molecule has 1 atom stereocenters. The molecule has 1 heterocycles. The lowest BCUT2D eigenvalue weighted by Crippen LogP contribution is -2.38. The molecule has 0 radical (unpaired) electrons. The molecule has 2 amide bonds. The third-order valence-corrected chi connectivity index (χ3v) is 3.23. The van der Waals surface area contributed by atoms with Crippen molar-refractivity contribution in [1.29, 1.82) is 0 Å². The van der Waals surface area contributed by atoms with Crippen LogP contribution in [0.5, 0.6) is 5.75 Å². The van der Waals surface area contributed by atoms with Crippen LogP contribution in [0.4, 0.5) is 4.79 Å². The Bertz CT molecular complexity index is 439. The summed E-state index contributed by atoms with van der Waals surface area (Å²) in [4.78, 5) is 10.5. The van der Waals surface area contributed by atoms with Crippen LogP contribution < -0.4 is 21.1 Å². The van der Waals surface area contributed by atoms with Crippen molar-refractivity contribution in [2.24, 2.45) is 5.73 Å². The first-order valence-corrected chi connectivity index (χ1v) is 6.63. The second kappa shape index (κ2) is 6.06. The molecule has 0 aliphatic carbocycles. The molecule has 2 rings (SSSR count). The predicted molar refractivity (Wildman–Crippen MR) is 72.7 cm³/mol. The van der Waals surface area contributed by atoms with E-state index >= 15 is 0 Å². The summed E-state index contributed by atoms with van der Waals surface area (Å²) < 4.78 is 6.87. The zero-order valence-corrected chi connectivity index (χ0v) is 11.5. The van der Waals surface area contributed by atoms with Crippen LogP contribution in [0, 0.1) is 0 Å². The molecule has 0 saturated heterocycles. The number of nitrogens with one attached hydrogen (secondary N) is 2. The van der Waals surface area contributed by atoms with E-state index in [1.165, 1.54) is 5.56 Å². The van der Waals surface area contributed by atoms with Gasteiger partial charge in [0, 0.05) is 30.5 Å². The fourth-order valence-electron chi connectivity index (χ4n) is 1.94. The van der Waals surface area contributed by atoms with Gasteiger partial charge in [0.1, 0.15) is 11.9 Å². The van der Waals surface area contributed by atoms with E-state index in [1.807, 2.05) is 12.1 Å². The zero-order valence-electron chi connectivity index (χ0n) is 9.91. The van der Waals surface area contributed by atoms with Crippen LogP contribution >= 0.6 is 15.9 Å². The highest BCUT2D eigenvalue weighted by Crippen LogP contribution is 2.30. The number of rotatable bonds is 5. The van der Waals surface area contributed by atoms with Gasteiger partial charge in [-0.25, -0.2) is 4.79 Å². The highest BCUT2D eigenvalue weighted by atomic mass is 79.9. The molecule has 0 bridgehead atoms. The largest absolute Gasteiger partial charge is 0.488 e. The smallest absolute Gasteiger partial charge is 0.312 e. The molecule has 6 heteroatoms. The lowest BCUT2D eigenvalue weighted by molar-refractivity contribution is 0.227. The van der Waals surface area contributed by atoms with E-state index < -0.39 is 6.03 Å². The minimum absolute atomic E-state index is 0.155. The third-order valence-electron chi connectivity index (χ3n) is 2.74. The summed E-state index contributed by atoms with van der Waals surface area (Å²) in [5.74, 6) is 0.959. The molecule has 1 aromatic rings. The first-order chi connectivity index (χ1) is 8.65. The van der Waals surface area contributed by atoms with Gasteiger partial charge in [0.15, 0.2) is 0 Å². The molecule has 1 aromatic carbocycles. The number of hydrogen-bond donors (Lipinski definition) is 3. The fraction of sp³-hybridized carbons (Fsp3) is 0.417. The van der Waals surface area contributed by atoms with E-state index in [-0.39, 0.29) is 6.10 Å². The Labute approximate surface area is 114 Å². The monoisotopic (exact) mass is 313 g/mol. The van der Waals surface area contributed by atoms with E-state index in [1.54, 1.807) is 0 Å². The minimum Gasteiger partial charge on any atom is -0.488 e. The number of primary amides is 1. The summed E-state index contributed by atoms with van der Waals surface area (Å²) in [5, 5.41) is 5.75. The zero-order chi connectivity index (χ0) is 13.0. The number of nitrogens with two attached hydrogens (primary N) is 1. The molecule has 1 aliphatic rings. The van der Waals surface area contributed by atoms with Gasteiger partial charge in [-0.3, -0.25) is 0 Å². The second-order valence-electron chi connectivity index (χ2n) is 4.19. The molecule has 4 N–H and O–H groups in total. The van der Waals surface area contributed by atoms with Crippen LogP contribution in [0.3, 0.4) is 0 Å². The molecule has 5 nitrogen and oxygen atoms in total. The highest BCUT2D eigenvalue weighted by molar-refractivity contribution is 9.10. The van der Waals surface area contributed by atoms with Crippen molar-refractivity contribution in [3.63, 3.8) is 0 Å². The first kappa shape index (κ1) is 13.2. The molecule has 0 saturated carbocycles. The van der Waals surface area contributed by atoms with Gasteiger partial charge in [-0.05, 0) is 23.8 Å². The van der Waals surface area contributed by atoms with Crippen molar-refractivity contribution < 1.29 is 9.53 Å². The minimum atomic E-state index is -0.494. The van der Waals surface area contributed by atoms with Crippen LogP contribution in [0.1, 0.15) is 5.56 Å². The molecule has 0 fully saturated rings. The van der Waals surface area contributed by atoms with Crippen LogP contribution in [0.25, 0.3) is 0 Å². The molecular formula is C12H16BrN3O2. The molecule has 0 aromatic heterocycles. The number of carbonyl (C=O) groups is 1. The Morgan fingerprint density at radius 2 is 2.33 bits per heavy atom. The lowest BCUT2D eigenvalue weighted by Gasteiger charge is -2.11. The van der Waals surface area contributed by atoms with Crippen LogP contribution in [-0.4, -0.2) is 31.8 Å². The van der Waals surface area contributed by atoms with Gasteiger partial charge >= 0.3 is 6.03 Å². The van der Waals surface area contributed by atoms with E-state index in [0.717, 1.165) is 23.2 Å². The first-order valence-electron chi connectivity index (χ1n) is 5.84. The Balaban J connectivity index is 1.70. The van der Waals surface area contributed by atoms with E-state index in [0.29, 0.717) is 13.1 Å². The Morgan fingerprint density at radius 3 is 3.11 bits per heavy atom. The van der Waals surface area contributed by atoms with Crippen molar-refractivity contribution in [3.8, 4) is 5.75 Å². The summed E-state index contributed by atoms with van der Waals surface area (Å²) in [5.41, 5.74) is 6.19. The van der Waals surface area contributed by atoms with E-state index in [4.69, 9.17) is 10.5 Å². The van der Waals surface area contributed by atoms with Gasteiger partial charge in [0.05, 0.1) is 0 Å². The summed E-state index contributed by atoms with van der Waals surface area (Å²) in [6, 6.07) is 5.55. The van der Waals surface area contributed by atoms with Crippen molar-refractivity contribution in [2.75, 3.05) is 19.6 Å². The van der Waals surface area contributed by atoms with E-state index in [9.17, 15) is 4.79 Å². The number of amides is 2. The number of carbonyl (C=O) groups excluding carboxylic acids is 1. The van der Waals surface area contributed by atoms with Gasteiger partial charge in [-0.15, -0.1) is 0 Å². The van der Waals surface area contributed by atoms with Crippen LogP contribution in [0.15, 0.2) is 22.7 Å². The molecule has 18 heavy (non-hydrogen) atoms. The normalized spacial score (nSPS) is 17.1. The molecular weight excluding hydrogens is 298 g/mol. The maximum atomic E-state index is 10.5. The molecule has 98 valence electrons. The number of fused-ring (bicyclic) bond motifs is 1. The van der Waals surface area contributed by atoms with Crippen molar-refractivity contribution in [3.05, 3.63) is 28.2 Å². The Morgan fingerprint density at radius 1 is 1.50 bits per heavy atom. The third kappa shape index (κ3) is 3.61. The standard InChI is InChI=1S/C12H16BrN3O2/c13-9-1-2-11-8(5-9)6-10(18-11)7-15-3-4-16-12(14)17/h1-2,5,10,15H,3-4,6-7H2,(H3,14,16,17). The van der Waals surface area contributed by atoms with Gasteiger partial charge in [0.2, 0.25) is 0 Å². The van der Waals surface area contributed by atoms with Crippen molar-refractivity contribution in [1.82, 2.24) is 10.6 Å². The summed E-state index contributed by atoms with van der Waals surface area (Å²) >= 11 is 3.45.